The van der Waals surface area contributed by atoms with Crippen molar-refractivity contribution in [3.05, 3.63) is 52.7 Å². The minimum absolute atomic E-state index is 0.299. The lowest BCUT2D eigenvalue weighted by Gasteiger charge is -2.14. The highest BCUT2D eigenvalue weighted by atomic mass is 16.4. The fraction of sp³-hybridized carbons (Fsp3) is 0.333. The molecule has 21 heavy (non-hydrogen) atoms. The first-order valence-electron chi connectivity index (χ1n) is 7.45. The van der Waals surface area contributed by atoms with Crippen LogP contribution < -0.4 is 0 Å². The second-order valence-electron chi connectivity index (χ2n) is 5.04. The topological polar surface area (TPSA) is 50.2 Å². The van der Waals surface area contributed by atoms with Gasteiger partial charge in [-0.25, -0.2) is 4.79 Å². The Morgan fingerprint density at radius 2 is 1.62 bits per heavy atom. The molecule has 0 aliphatic rings. The summed E-state index contributed by atoms with van der Waals surface area (Å²) < 4.78 is 0. The highest BCUT2D eigenvalue weighted by Crippen LogP contribution is 2.29. The highest BCUT2D eigenvalue weighted by molar-refractivity contribution is 5.89. The first-order chi connectivity index (χ1) is 10.1. The molecule has 1 N–H and O–H groups in total. The number of hydrogen-bond donors (Lipinski definition) is 1. The summed E-state index contributed by atoms with van der Waals surface area (Å²) in [7, 11) is 0. The summed E-state index contributed by atoms with van der Waals surface area (Å²) in [6.45, 7) is 6.23. The number of carbonyl (C=O) groups is 1. The van der Waals surface area contributed by atoms with Crippen LogP contribution in [-0.2, 0) is 19.3 Å². The number of rotatable bonds is 5. The molecule has 0 fully saturated rings. The molecule has 110 valence electrons. The number of benzene rings is 1. The van der Waals surface area contributed by atoms with Crippen molar-refractivity contribution in [2.45, 2.75) is 40.0 Å². The maximum absolute atomic E-state index is 11.2. The Morgan fingerprint density at radius 3 is 2.10 bits per heavy atom. The molecular weight excluding hydrogens is 262 g/mol. The average molecular weight is 283 g/mol. The number of pyridine rings is 1. The third kappa shape index (κ3) is 2.97. The Labute approximate surface area is 125 Å². The average Bonchev–Trinajstić information content (AvgIpc) is 2.53. The van der Waals surface area contributed by atoms with Crippen molar-refractivity contribution < 1.29 is 9.90 Å². The second kappa shape index (κ2) is 6.53. The lowest BCUT2D eigenvalue weighted by atomic mass is 9.93. The molecule has 0 bridgehead atoms. The maximum Gasteiger partial charge on any atom is 0.337 e. The zero-order valence-electron chi connectivity index (χ0n) is 12.8. The zero-order chi connectivity index (χ0) is 15.4. The summed E-state index contributed by atoms with van der Waals surface area (Å²) in [4.78, 5) is 15.6. The van der Waals surface area contributed by atoms with Crippen LogP contribution in [0.1, 0.15) is 47.8 Å². The Morgan fingerprint density at radius 1 is 1.05 bits per heavy atom. The van der Waals surface area contributed by atoms with E-state index in [1.54, 1.807) is 0 Å². The fourth-order valence-corrected chi connectivity index (χ4v) is 2.69. The summed E-state index contributed by atoms with van der Waals surface area (Å²) >= 11 is 0. The van der Waals surface area contributed by atoms with Crippen molar-refractivity contribution in [3.8, 4) is 11.3 Å². The van der Waals surface area contributed by atoms with E-state index in [1.165, 1.54) is 17.3 Å². The third-order valence-electron chi connectivity index (χ3n) is 3.86. The van der Waals surface area contributed by atoms with Gasteiger partial charge in [-0.2, -0.15) is 0 Å². The van der Waals surface area contributed by atoms with Crippen molar-refractivity contribution in [1.29, 1.82) is 0 Å². The number of aromatic nitrogens is 1. The molecule has 1 aromatic carbocycles. The van der Waals surface area contributed by atoms with E-state index in [-0.39, 0.29) is 0 Å². The van der Waals surface area contributed by atoms with Crippen LogP contribution in [0, 0.1) is 0 Å². The number of hydrogen-bond acceptors (Lipinski definition) is 2. The van der Waals surface area contributed by atoms with Crippen molar-refractivity contribution in [2.24, 2.45) is 0 Å². The zero-order valence-corrected chi connectivity index (χ0v) is 12.8. The lowest BCUT2D eigenvalue weighted by molar-refractivity contribution is 0.0695. The monoisotopic (exact) mass is 283 g/mol. The van der Waals surface area contributed by atoms with E-state index < -0.39 is 5.97 Å². The Kier molecular flexibility index (Phi) is 4.73. The molecule has 0 saturated carbocycles. The summed E-state index contributed by atoms with van der Waals surface area (Å²) in [6.07, 6.45) is 4.05. The van der Waals surface area contributed by atoms with Crippen LogP contribution in [0.15, 0.2) is 30.5 Å². The van der Waals surface area contributed by atoms with Gasteiger partial charge in [-0.15, -0.1) is 0 Å². The molecular formula is C18H21NO2. The van der Waals surface area contributed by atoms with Crippen LogP contribution in [-0.4, -0.2) is 16.1 Å². The van der Waals surface area contributed by atoms with Gasteiger partial charge in [0.25, 0.3) is 0 Å². The largest absolute Gasteiger partial charge is 0.478 e. The third-order valence-corrected chi connectivity index (χ3v) is 3.86. The predicted octanol–water partition coefficient (Wildman–Crippen LogP) is 4.13. The highest BCUT2D eigenvalue weighted by Gasteiger charge is 2.14. The Hall–Kier alpha value is -2.16. The van der Waals surface area contributed by atoms with Crippen molar-refractivity contribution >= 4 is 5.97 Å². The molecule has 3 nitrogen and oxygen atoms in total. The lowest BCUT2D eigenvalue weighted by Crippen LogP contribution is -2.05. The van der Waals surface area contributed by atoms with Crippen LogP contribution >= 0.6 is 0 Å². The van der Waals surface area contributed by atoms with Gasteiger partial charge >= 0.3 is 5.97 Å². The van der Waals surface area contributed by atoms with Crippen LogP contribution in [0.5, 0.6) is 0 Å². The van der Waals surface area contributed by atoms with Crippen molar-refractivity contribution in [3.63, 3.8) is 0 Å². The van der Waals surface area contributed by atoms with Gasteiger partial charge in [0.15, 0.2) is 0 Å². The molecule has 0 aliphatic heterocycles. The van der Waals surface area contributed by atoms with Crippen molar-refractivity contribution in [1.82, 2.24) is 4.98 Å². The first-order valence-corrected chi connectivity index (χ1v) is 7.45. The van der Waals surface area contributed by atoms with Crippen LogP contribution in [0.4, 0.5) is 0 Å². The molecule has 0 atom stereocenters. The summed E-state index contributed by atoms with van der Waals surface area (Å²) in [5.74, 6) is -0.912. The van der Waals surface area contributed by atoms with E-state index in [2.05, 4.69) is 37.0 Å². The summed E-state index contributed by atoms with van der Waals surface area (Å²) in [5, 5.41) is 9.22. The number of carboxylic acid groups (broad SMARTS) is 1. The summed E-state index contributed by atoms with van der Waals surface area (Å²) in [5.41, 5.74) is 5.69. The quantitative estimate of drug-likeness (QED) is 0.897. The molecule has 1 aromatic heterocycles. The van der Waals surface area contributed by atoms with Gasteiger partial charge in [-0.3, -0.25) is 4.98 Å². The number of nitrogens with zero attached hydrogens (tertiary/aromatic N) is 1. The van der Waals surface area contributed by atoms with Crippen LogP contribution in [0.2, 0.25) is 0 Å². The minimum Gasteiger partial charge on any atom is -0.478 e. The maximum atomic E-state index is 11.2. The van der Waals surface area contributed by atoms with Gasteiger partial charge in [0.2, 0.25) is 0 Å². The van der Waals surface area contributed by atoms with Crippen LogP contribution in [0.25, 0.3) is 11.3 Å². The fourth-order valence-electron chi connectivity index (χ4n) is 2.69. The number of aromatic carboxylic acids is 1. The standard InChI is InChI=1S/C18H21NO2/c1-4-12-8-7-9-13(5-2)17(12)16-10-14(6-3)15(11-19-16)18(20)21/h7-11H,4-6H2,1-3H3,(H,20,21). The molecule has 0 spiro atoms. The SMILES string of the molecule is CCc1cc(-c2c(CC)cccc2CC)ncc1C(=O)O. The minimum atomic E-state index is -0.912. The number of aryl methyl sites for hydroxylation is 3. The van der Waals surface area contributed by atoms with E-state index in [9.17, 15) is 9.90 Å². The molecule has 2 rings (SSSR count). The molecule has 3 heteroatoms. The van der Waals surface area contributed by atoms with Gasteiger partial charge in [0.05, 0.1) is 11.3 Å². The van der Waals surface area contributed by atoms with Gasteiger partial charge < -0.3 is 5.11 Å². The molecule has 0 amide bonds. The molecule has 1 heterocycles. The van der Waals surface area contributed by atoms with E-state index in [1.807, 2.05) is 13.0 Å². The Balaban J connectivity index is 2.65. The molecule has 0 saturated heterocycles. The molecule has 0 unspecified atom stereocenters. The van der Waals surface area contributed by atoms with Crippen molar-refractivity contribution in [2.75, 3.05) is 0 Å². The molecule has 0 aliphatic carbocycles. The first kappa shape index (κ1) is 15.2. The predicted molar refractivity (Wildman–Crippen MR) is 84.8 cm³/mol. The Bertz CT molecular complexity index is 640. The number of carboxylic acids is 1. The van der Waals surface area contributed by atoms with E-state index in [0.717, 1.165) is 29.7 Å². The van der Waals surface area contributed by atoms with Gasteiger partial charge in [0, 0.05) is 11.8 Å². The van der Waals surface area contributed by atoms with E-state index in [0.29, 0.717) is 12.0 Å². The van der Waals surface area contributed by atoms with E-state index >= 15 is 0 Å². The second-order valence-corrected chi connectivity index (χ2v) is 5.04. The summed E-state index contributed by atoms with van der Waals surface area (Å²) in [6, 6.07) is 8.24. The van der Waals surface area contributed by atoms with E-state index in [4.69, 9.17) is 0 Å². The smallest absolute Gasteiger partial charge is 0.337 e. The van der Waals surface area contributed by atoms with Gasteiger partial charge in [-0.1, -0.05) is 39.0 Å². The molecule has 0 radical (unpaired) electrons. The molecule has 2 aromatic rings. The van der Waals surface area contributed by atoms with Gasteiger partial charge in [0.1, 0.15) is 0 Å². The van der Waals surface area contributed by atoms with Gasteiger partial charge in [-0.05, 0) is 42.0 Å². The van der Waals surface area contributed by atoms with Crippen LogP contribution in [0.3, 0.4) is 0 Å². The normalized spacial score (nSPS) is 10.6.